The smallest absolute Gasteiger partial charge is 0.336 e. The van der Waals surface area contributed by atoms with Crippen molar-refractivity contribution in [3.8, 4) is 0 Å². The Kier molecular flexibility index (Phi) is 2.88. The molecule has 4 heteroatoms. The fourth-order valence-corrected chi connectivity index (χ4v) is 2.29. The zero-order chi connectivity index (χ0) is 12.6. The summed E-state index contributed by atoms with van der Waals surface area (Å²) >= 11 is 0. The van der Waals surface area contributed by atoms with E-state index in [4.69, 9.17) is 0 Å². The molecule has 0 bridgehead atoms. The molecular formula is C13H15NO3. The van der Waals surface area contributed by atoms with E-state index >= 15 is 0 Å². The van der Waals surface area contributed by atoms with Crippen LogP contribution < -0.4 is 0 Å². The van der Waals surface area contributed by atoms with Crippen LogP contribution in [0, 0.1) is 6.92 Å². The van der Waals surface area contributed by atoms with Gasteiger partial charge in [0.2, 0.25) is 5.91 Å². The minimum absolute atomic E-state index is 0.00689. The fraction of sp³-hybridized carbons (Fsp3) is 0.385. The largest absolute Gasteiger partial charge is 0.478 e. The highest BCUT2D eigenvalue weighted by atomic mass is 16.4. The number of hydrogen-bond acceptors (Lipinski definition) is 2. The SMILES string of the molecule is CC(=O)N1CCc2cc(C)cc(C(=O)O)c2C1. The van der Waals surface area contributed by atoms with Crippen LogP contribution in [0.25, 0.3) is 0 Å². The average molecular weight is 233 g/mol. The van der Waals surface area contributed by atoms with Gasteiger partial charge in [0.05, 0.1) is 5.56 Å². The molecule has 1 N–H and O–H groups in total. The Labute approximate surface area is 99.9 Å². The first-order valence-electron chi connectivity index (χ1n) is 5.60. The van der Waals surface area contributed by atoms with Gasteiger partial charge >= 0.3 is 5.97 Å². The monoisotopic (exact) mass is 233 g/mol. The van der Waals surface area contributed by atoms with Crippen molar-refractivity contribution in [3.05, 3.63) is 34.4 Å². The quantitative estimate of drug-likeness (QED) is 0.801. The molecule has 90 valence electrons. The lowest BCUT2D eigenvalue weighted by atomic mass is 9.92. The molecule has 0 aromatic heterocycles. The lowest BCUT2D eigenvalue weighted by Crippen LogP contribution is -2.35. The molecule has 1 heterocycles. The lowest BCUT2D eigenvalue weighted by Gasteiger charge is -2.29. The zero-order valence-electron chi connectivity index (χ0n) is 9.99. The normalized spacial score (nSPS) is 14.4. The summed E-state index contributed by atoms with van der Waals surface area (Å²) in [4.78, 5) is 24.2. The van der Waals surface area contributed by atoms with E-state index in [1.165, 1.54) is 6.92 Å². The number of carbonyl (C=O) groups excluding carboxylic acids is 1. The van der Waals surface area contributed by atoms with Gasteiger partial charge in [-0.1, -0.05) is 6.07 Å². The van der Waals surface area contributed by atoms with Crippen LogP contribution in [-0.4, -0.2) is 28.4 Å². The average Bonchev–Trinajstić information content (AvgIpc) is 2.26. The van der Waals surface area contributed by atoms with Crippen LogP contribution in [-0.2, 0) is 17.8 Å². The Balaban J connectivity index is 2.48. The second-order valence-corrected chi connectivity index (χ2v) is 4.45. The summed E-state index contributed by atoms with van der Waals surface area (Å²) in [7, 11) is 0. The highest BCUT2D eigenvalue weighted by Gasteiger charge is 2.23. The molecule has 0 saturated heterocycles. The van der Waals surface area contributed by atoms with Crippen LogP contribution in [0.3, 0.4) is 0 Å². The molecular weight excluding hydrogens is 218 g/mol. The van der Waals surface area contributed by atoms with Crippen molar-refractivity contribution in [1.82, 2.24) is 4.90 Å². The van der Waals surface area contributed by atoms with E-state index in [2.05, 4.69) is 0 Å². The van der Waals surface area contributed by atoms with Gasteiger partial charge in [-0.15, -0.1) is 0 Å². The molecule has 0 atom stereocenters. The van der Waals surface area contributed by atoms with E-state index in [1.54, 1.807) is 11.0 Å². The Hall–Kier alpha value is -1.84. The van der Waals surface area contributed by atoms with Gasteiger partial charge in [-0.2, -0.15) is 0 Å². The molecule has 17 heavy (non-hydrogen) atoms. The second-order valence-electron chi connectivity index (χ2n) is 4.45. The third kappa shape index (κ3) is 2.16. The van der Waals surface area contributed by atoms with Gasteiger partial charge in [0.15, 0.2) is 0 Å². The molecule has 1 aromatic carbocycles. The van der Waals surface area contributed by atoms with E-state index in [1.807, 2.05) is 13.0 Å². The summed E-state index contributed by atoms with van der Waals surface area (Å²) in [6.07, 6.45) is 0.733. The number of amides is 1. The van der Waals surface area contributed by atoms with Gasteiger partial charge in [-0.05, 0) is 36.1 Å². The Bertz CT molecular complexity index is 494. The standard InChI is InChI=1S/C13H15NO3/c1-8-5-10-3-4-14(9(2)15)7-12(10)11(6-8)13(16)17/h5-6H,3-4,7H2,1-2H3,(H,16,17). The van der Waals surface area contributed by atoms with Gasteiger partial charge in [0.1, 0.15) is 0 Å². The maximum atomic E-state index is 11.3. The van der Waals surface area contributed by atoms with Crippen LogP contribution in [0.15, 0.2) is 12.1 Å². The number of nitrogens with zero attached hydrogens (tertiary/aromatic N) is 1. The van der Waals surface area contributed by atoms with E-state index in [-0.39, 0.29) is 5.91 Å². The van der Waals surface area contributed by atoms with E-state index in [0.29, 0.717) is 18.7 Å². The molecule has 0 radical (unpaired) electrons. The maximum Gasteiger partial charge on any atom is 0.336 e. The van der Waals surface area contributed by atoms with Crippen LogP contribution in [0.4, 0.5) is 0 Å². The Morgan fingerprint density at radius 1 is 1.35 bits per heavy atom. The Morgan fingerprint density at radius 2 is 2.06 bits per heavy atom. The fourth-order valence-electron chi connectivity index (χ4n) is 2.29. The molecule has 0 unspecified atom stereocenters. The lowest BCUT2D eigenvalue weighted by molar-refractivity contribution is -0.129. The Morgan fingerprint density at radius 3 is 2.65 bits per heavy atom. The molecule has 1 amide bonds. The van der Waals surface area contributed by atoms with Crippen molar-refractivity contribution in [3.63, 3.8) is 0 Å². The number of aromatic carboxylic acids is 1. The first kappa shape index (κ1) is 11.6. The van der Waals surface area contributed by atoms with Crippen LogP contribution in [0.2, 0.25) is 0 Å². The van der Waals surface area contributed by atoms with Gasteiger partial charge in [-0.25, -0.2) is 4.79 Å². The number of carboxylic acid groups (broad SMARTS) is 1. The van der Waals surface area contributed by atoms with E-state index in [0.717, 1.165) is 23.1 Å². The highest BCUT2D eigenvalue weighted by molar-refractivity contribution is 5.90. The molecule has 1 aromatic rings. The number of fused-ring (bicyclic) bond motifs is 1. The first-order chi connectivity index (χ1) is 7.99. The zero-order valence-corrected chi connectivity index (χ0v) is 9.99. The highest BCUT2D eigenvalue weighted by Crippen LogP contribution is 2.24. The van der Waals surface area contributed by atoms with Crippen LogP contribution in [0.1, 0.15) is 34.0 Å². The summed E-state index contributed by atoms with van der Waals surface area (Å²) in [5.41, 5.74) is 3.12. The molecule has 2 rings (SSSR count). The summed E-state index contributed by atoms with van der Waals surface area (Å²) in [5.74, 6) is -0.928. The van der Waals surface area contributed by atoms with Crippen LogP contribution in [0.5, 0.6) is 0 Å². The van der Waals surface area contributed by atoms with Crippen LogP contribution >= 0.6 is 0 Å². The summed E-state index contributed by atoms with van der Waals surface area (Å²) in [5, 5.41) is 9.19. The molecule has 0 saturated carbocycles. The van der Waals surface area contributed by atoms with Crippen molar-refractivity contribution in [2.45, 2.75) is 26.8 Å². The number of rotatable bonds is 1. The van der Waals surface area contributed by atoms with Crippen molar-refractivity contribution < 1.29 is 14.7 Å². The number of carbonyl (C=O) groups is 2. The van der Waals surface area contributed by atoms with Crippen molar-refractivity contribution in [2.24, 2.45) is 0 Å². The molecule has 0 aliphatic carbocycles. The van der Waals surface area contributed by atoms with Crippen molar-refractivity contribution in [1.29, 1.82) is 0 Å². The maximum absolute atomic E-state index is 11.3. The third-order valence-electron chi connectivity index (χ3n) is 3.16. The third-order valence-corrected chi connectivity index (χ3v) is 3.16. The van der Waals surface area contributed by atoms with Gasteiger partial charge in [0.25, 0.3) is 0 Å². The summed E-state index contributed by atoms with van der Waals surface area (Å²) in [6.45, 7) is 4.49. The number of carboxylic acids is 1. The molecule has 1 aliphatic heterocycles. The molecule has 4 nitrogen and oxygen atoms in total. The molecule has 0 fully saturated rings. The minimum atomic E-state index is -0.921. The minimum Gasteiger partial charge on any atom is -0.478 e. The summed E-state index contributed by atoms with van der Waals surface area (Å²) < 4.78 is 0. The number of hydrogen-bond donors (Lipinski definition) is 1. The van der Waals surface area contributed by atoms with E-state index in [9.17, 15) is 14.7 Å². The van der Waals surface area contributed by atoms with Crippen molar-refractivity contribution in [2.75, 3.05) is 6.54 Å². The second kappa shape index (κ2) is 4.20. The van der Waals surface area contributed by atoms with Gasteiger partial charge < -0.3 is 10.0 Å². The van der Waals surface area contributed by atoms with Gasteiger partial charge in [-0.3, -0.25) is 4.79 Å². The van der Waals surface area contributed by atoms with Gasteiger partial charge in [0, 0.05) is 20.0 Å². The predicted molar refractivity (Wildman–Crippen MR) is 62.9 cm³/mol. The topological polar surface area (TPSA) is 57.6 Å². The molecule has 0 spiro atoms. The van der Waals surface area contributed by atoms with Crippen molar-refractivity contribution >= 4 is 11.9 Å². The predicted octanol–water partition coefficient (Wildman–Crippen LogP) is 1.60. The first-order valence-corrected chi connectivity index (χ1v) is 5.60. The number of benzene rings is 1. The number of aryl methyl sites for hydroxylation is 1. The van der Waals surface area contributed by atoms with E-state index < -0.39 is 5.97 Å². The summed E-state index contributed by atoms with van der Waals surface area (Å²) in [6, 6.07) is 3.68. The molecule has 1 aliphatic rings.